The molecule has 1 aromatic carbocycles. The molecular formula is C28H38N6O5. The van der Waals surface area contributed by atoms with Gasteiger partial charge in [-0.05, 0) is 44.4 Å². The lowest BCUT2D eigenvalue weighted by Crippen LogP contribution is -2.51. The third-order valence-electron chi connectivity index (χ3n) is 6.42. The van der Waals surface area contributed by atoms with Gasteiger partial charge in [0.15, 0.2) is 0 Å². The molecule has 1 aliphatic heterocycles. The summed E-state index contributed by atoms with van der Waals surface area (Å²) in [5.41, 5.74) is 12.7. The third-order valence-corrected chi connectivity index (χ3v) is 6.42. The van der Waals surface area contributed by atoms with Crippen LogP contribution in [-0.2, 0) is 32.3 Å². The van der Waals surface area contributed by atoms with Crippen molar-refractivity contribution in [3.63, 3.8) is 0 Å². The number of hydrogen-bond donors (Lipinski definition) is 3. The molecule has 1 aliphatic rings. The van der Waals surface area contributed by atoms with E-state index in [9.17, 15) is 14.4 Å². The van der Waals surface area contributed by atoms with Crippen LogP contribution in [0.1, 0.15) is 57.2 Å². The second kappa shape index (κ2) is 12.7. The minimum atomic E-state index is -1.12. The fourth-order valence-electron chi connectivity index (χ4n) is 4.39. The number of aromatic nitrogens is 2. The lowest BCUT2D eigenvalue weighted by Gasteiger charge is -2.25. The van der Waals surface area contributed by atoms with Crippen LogP contribution >= 0.6 is 0 Å². The highest BCUT2D eigenvalue weighted by molar-refractivity contribution is 5.85. The molecule has 2 atom stereocenters. The van der Waals surface area contributed by atoms with Crippen LogP contribution in [0.5, 0.6) is 0 Å². The zero-order valence-corrected chi connectivity index (χ0v) is 21.6. The van der Waals surface area contributed by atoms with Crippen molar-refractivity contribution in [2.75, 3.05) is 13.2 Å². The highest BCUT2D eigenvalue weighted by Crippen LogP contribution is 2.22. The summed E-state index contributed by atoms with van der Waals surface area (Å²) < 4.78 is 13.4. The van der Waals surface area contributed by atoms with Crippen LogP contribution in [0, 0.1) is 0 Å². The van der Waals surface area contributed by atoms with Gasteiger partial charge in [0.2, 0.25) is 11.8 Å². The second-order valence-corrected chi connectivity index (χ2v) is 9.95. The number of nitrogens with one attached hydrogen (secondary N) is 1. The number of fused-ring (bicyclic) bond motifs is 1. The lowest BCUT2D eigenvalue weighted by molar-refractivity contribution is -0.126. The van der Waals surface area contributed by atoms with Crippen molar-refractivity contribution in [3.05, 3.63) is 71.8 Å². The molecular weight excluding hydrogens is 500 g/mol. The predicted octanol–water partition coefficient (Wildman–Crippen LogP) is 2.67. The van der Waals surface area contributed by atoms with Crippen LogP contribution in [0.2, 0.25) is 0 Å². The van der Waals surface area contributed by atoms with Crippen LogP contribution in [0.4, 0.5) is 4.79 Å². The summed E-state index contributed by atoms with van der Waals surface area (Å²) in [5, 5.41) is 2.95. The molecule has 0 aliphatic carbocycles. The molecule has 2 aromatic heterocycles. The number of imidazole rings is 1. The van der Waals surface area contributed by atoms with E-state index in [1.54, 1.807) is 26.1 Å². The van der Waals surface area contributed by atoms with Gasteiger partial charge in [0.25, 0.3) is 0 Å². The maximum atomic E-state index is 12.8. The predicted molar refractivity (Wildman–Crippen MR) is 146 cm³/mol. The largest absolute Gasteiger partial charge is 0.443 e. The monoisotopic (exact) mass is 538 g/mol. The molecule has 1 saturated heterocycles. The number of nitrogens with zero attached hydrogens (tertiary/aromatic N) is 3. The molecule has 3 heterocycles. The van der Waals surface area contributed by atoms with Crippen molar-refractivity contribution >= 4 is 23.4 Å². The molecule has 11 nitrogen and oxygen atoms in total. The molecule has 210 valence electrons. The topological polar surface area (TPSA) is 154 Å². The Labute approximate surface area is 228 Å². The fourth-order valence-corrected chi connectivity index (χ4v) is 4.39. The number of benzene rings is 1. The number of nitrogens with two attached hydrogens (primary N) is 2. The van der Waals surface area contributed by atoms with Gasteiger partial charge in [0.05, 0.1) is 36.2 Å². The summed E-state index contributed by atoms with van der Waals surface area (Å²) in [6.45, 7) is 4.07. The van der Waals surface area contributed by atoms with Crippen LogP contribution in [-0.4, -0.2) is 56.9 Å². The van der Waals surface area contributed by atoms with Crippen molar-refractivity contribution < 1.29 is 23.9 Å². The molecule has 5 N–H and O–H groups in total. The highest BCUT2D eigenvalue weighted by atomic mass is 16.6. The van der Waals surface area contributed by atoms with Crippen LogP contribution in [0.3, 0.4) is 0 Å². The summed E-state index contributed by atoms with van der Waals surface area (Å²) in [6, 6.07) is 13.9. The number of carbonyl (C=O) groups excluding carboxylic acids is 3. The smallest absolute Gasteiger partial charge is 0.410 e. The molecule has 0 radical (unpaired) electrons. The first kappa shape index (κ1) is 29.6. The van der Waals surface area contributed by atoms with E-state index in [0.29, 0.717) is 37.5 Å². The molecule has 0 bridgehead atoms. The van der Waals surface area contributed by atoms with Gasteiger partial charge in [-0.25, -0.2) is 9.78 Å². The second-order valence-electron chi connectivity index (χ2n) is 9.95. The van der Waals surface area contributed by atoms with E-state index in [-0.39, 0.29) is 26.5 Å². The summed E-state index contributed by atoms with van der Waals surface area (Å²) >= 11 is 0. The van der Waals surface area contributed by atoms with Crippen molar-refractivity contribution in [1.29, 1.82) is 0 Å². The van der Waals surface area contributed by atoms with E-state index in [1.165, 1.54) is 4.90 Å². The number of amides is 3. The number of rotatable bonds is 10. The Morgan fingerprint density at radius 1 is 1.13 bits per heavy atom. The van der Waals surface area contributed by atoms with Gasteiger partial charge in [-0.3, -0.25) is 18.9 Å². The number of ether oxygens (including phenoxy) is 2. The number of primary amides is 1. The van der Waals surface area contributed by atoms with E-state index in [1.807, 2.05) is 46.9 Å². The quantitative estimate of drug-likeness (QED) is 0.358. The van der Waals surface area contributed by atoms with E-state index < -0.39 is 29.6 Å². The van der Waals surface area contributed by atoms with Gasteiger partial charge >= 0.3 is 6.09 Å². The zero-order valence-electron chi connectivity index (χ0n) is 21.6. The number of pyridine rings is 1. The first-order valence-electron chi connectivity index (χ1n) is 12.5. The minimum Gasteiger partial charge on any atom is -0.443 e. The van der Waals surface area contributed by atoms with E-state index in [2.05, 4.69) is 10.3 Å². The molecule has 4 rings (SSSR count). The summed E-state index contributed by atoms with van der Waals surface area (Å²) in [6.07, 6.45) is 2.28. The highest BCUT2D eigenvalue weighted by Gasteiger charge is 2.34. The van der Waals surface area contributed by atoms with Gasteiger partial charge in [0, 0.05) is 6.54 Å². The van der Waals surface area contributed by atoms with Gasteiger partial charge in [-0.15, -0.1) is 0 Å². The Kier molecular flexibility index (Phi) is 9.66. The average molecular weight is 539 g/mol. The van der Waals surface area contributed by atoms with Crippen molar-refractivity contribution in [3.8, 4) is 0 Å². The third kappa shape index (κ3) is 7.12. The SMILES string of the molecule is C.CC(C)(N)C(=O)N[C@H](COCc1ccccc1)c1ncc2cccc(COC(=O)N3CCC[C@@H]3C(N)=O)n12. The Morgan fingerprint density at radius 3 is 2.56 bits per heavy atom. The van der Waals surface area contributed by atoms with Crippen LogP contribution < -0.4 is 16.8 Å². The summed E-state index contributed by atoms with van der Waals surface area (Å²) in [5.74, 6) is -0.401. The molecule has 3 amide bonds. The molecule has 3 aromatic rings. The molecule has 0 spiro atoms. The Morgan fingerprint density at radius 2 is 1.87 bits per heavy atom. The maximum absolute atomic E-state index is 12.8. The molecule has 1 fully saturated rings. The van der Waals surface area contributed by atoms with Crippen LogP contribution in [0.15, 0.2) is 54.7 Å². The van der Waals surface area contributed by atoms with Crippen LogP contribution in [0.25, 0.3) is 5.52 Å². The summed E-state index contributed by atoms with van der Waals surface area (Å²) in [4.78, 5) is 43.2. The molecule has 0 saturated carbocycles. The fraction of sp³-hybridized carbons (Fsp3) is 0.429. The van der Waals surface area contributed by atoms with Gasteiger partial charge in [0.1, 0.15) is 24.5 Å². The zero-order chi connectivity index (χ0) is 27.3. The Balaban J connectivity index is 0.00000420. The van der Waals surface area contributed by atoms with E-state index in [0.717, 1.165) is 11.1 Å². The lowest BCUT2D eigenvalue weighted by atomic mass is 10.1. The standard InChI is InChI=1S/C27H34N6O5.CH4/c1-27(2,29)25(35)31-21(17-37-15-18-8-4-3-5-9-18)24-30-14-19-10-6-11-20(33(19)24)16-38-26(36)32-13-7-12-22(32)23(28)34;/h3-6,8-11,14,21-22H,7,12-13,15-17,29H2,1-2H3,(H2,28,34)(H,31,35);1H4/t21-,22-;/m1./s1. The van der Waals surface area contributed by atoms with Gasteiger partial charge in [-0.2, -0.15) is 0 Å². The van der Waals surface area contributed by atoms with E-state index in [4.69, 9.17) is 20.9 Å². The average Bonchev–Trinajstić information content (AvgIpc) is 3.55. The van der Waals surface area contributed by atoms with Gasteiger partial charge < -0.3 is 26.3 Å². The number of carbonyl (C=O) groups is 3. The maximum Gasteiger partial charge on any atom is 0.410 e. The first-order valence-corrected chi connectivity index (χ1v) is 12.5. The molecule has 0 unspecified atom stereocenters. The summed E-state index contributed by atoms with van der Waals surface area (Å²) in [7, 11) is 0. The van der Waals surface area contributed by atoms with Crippen molar-refractivity contribution in [2.45, 2.75) is 65.0 Å². The molecule has 39 heavy (non-hydrogen) atoms. The normalized spacial score (nSPS) is 16.0. The van der Waals surface area contributed by atoms with E-state index >= 15 is 0 Å². The Bertz CT molecular complexity index is 1290. The van der Waals surface area contributed by atoms with Crippen molar-refractivity contribution in [1.82, 2.24) is 19.6 Å². The Hall–Kier alpha value is -3.96. The molecule has 11 heteroatoms. The van der Waals surface area contributed by atoms with Crippen molar-refractivity contribution in [2.24, 2.45) is 11.5 Å². The number of likely N-dealkylation sites (tertiary alicyclic amines) is 1. The minimum absolute atomic E-state index is 0. The first-order chi connectivity index (χ1) is 18.1. The number of hydrogen-bond acceptors (Lipinski definition) is 7. The van der Waals surface area contributed by atoms with Gasteiger partial charge in [-0.1, -0.05) is 43.8 Å².